The van der Waals surface area contributed by atoms with Crippen LogP contribution in [0, 0.1) is 0 Å². The number of halogens is 1. The van der Waals surface area contributed by atoms with Crippen molar-refractivity contribution in [2.75, 3.05) is 0 Å². The third kappa shape index (κ3) is 3.62. The fourth-order valence-corrected chi connectivity index (χ4v) is 1.73. The van der Waals surface area contributed by atoms with E-state index in [0.29, 0.717) is 4.47 Å². The molecule has 0 aliphatic carbocycles. The highest BCUT2D eigenvalue weighted by molar-refractivity contribution is 9.10. The van der Waals surface area contributed by atoms with E-state index in [0.717, 1.165) is 5.56 Å². The van der Waals surface area contributed by atoms with Gasteiger partial charge in [0.2, 0.25) is 0 Å². The number of pyridine rings is 1. The summed E-state index contributed by atoms with van der Waals surface area (Å²) in [7, 11) is 0. The van der Waals surface area contributed by atoms with Crippen molar-refractivity contribution in [3.05, 3.63) is 58.3 Å². The molecule has 2 aromatic rings. The molecule has 0 bridgehead atoms. The van der Waals surface area contributed by atoms with Crippen molar-refractivity contribution >= 4 is 28.1 Å². The summed E-state index contributed by atoms with van der Waals surface area (Å²) in [6.07, 6.45) is 4.75. The number of aromatic hydroxyl groups is 1. The largest absolute Gasteiger partial charge is 0.507 e. The van der Waals surface area contributed by atoms with Crippen LogP contribution in [0.3, 0.4) is 0 Å². The van der Waals surface area contributed by atoms with E-state index in [4.69, 9.17) is 0 Å². The van der Waals surface area contributed by atoms with Gasteiger partial charge >= 0.3 is 0 Å². The molecule has 0 aliphatic heterocycles. The number of hydrazone groups is 1. The molecule has 1 amide bonds. The van der Waals surface area contributed by atoms with Crippen LogP contribution < -0.4 is 5.43 Å². The summed E-state index contributed by atoms with van der Waals surface area (Å²) in [6, 6.07) is 8.11. The van der Waals surface area contributed by atoms with Gasteiger partial charge in [0.25, 0.3) is 5.91 Å². The first kappa shape index (κ1) is 13.2. The van der Waals surface area contributed by atoms with Crippen molar-refractivity contribution in [1.29, 1.82) is 0 Å². The number of hydrogen-bond acceptors (Lipinski definition) is 4. The second kappa shape index (κ2) is 6.10. The molecular formula is C13H10BrN3O2. The van der Waals surface area contributed by atoms with Gasteiger partial charge in [-0.1, -0.05) is 15.9 Å². The second-order valence-corrected chi connectivity index (χ2v) is 4.56. The maximum Gasteiger partial charge on any atom is 0.275 e. The Balaban J connectivity index is 2.06. The van der Waals surface area contributed by atoms with Crippen LogP contribution in [-0.4, -0.2) is 22.2 Å². The van der Waals surface area contributed by atoms with Gasteiger partial charge in [0.1, 0.15) is 5.75 Å². The summed E-state index contributed by atoms with van der Waals surface area (Å²) in [5, 5.41) is 13.4. The molecule has 0 unspecified atom stereocenters. The van der Waals surface area contributed by atoms with Crippen LogP contribution in [0.15, 0.2) is 52.3 Å². The maximum atomic E-state index is 11.8. The zero-order valence-electron chi connectivity index (χ0n) is 9.75. The summed E-state index contributed by atoms with van der Waals surface area (Å²) in [4.78, 5) is 15.7. The predicted octanol–water partition coefficient (Wildman–Crippen LogP) is 2.31. The Morgan fingerprint density at radius 3 is 2.79 bits per heavy atom. The Morgan fingerprint density at radius 2 is 2.05 bits per heavy atom. The molecule has 2 N–H and O–H groups in total. The lowest BCUT2D eigenvalue weighted by atomic mass is 10.2. The van der Waals surface area contributed by atoms with E-state index in [1.807, 2.05) is 0 Å². The van der Waals surface area contributed by atoms with Gasteiger partial charge in [0.15, 0.2) is 0 Å². The van der Waals surface area contributed by atoms with Gasteiger partial charge < -0.3 is 5.11 Å². The molecule has 1 aromatic heterocycles. The normalized spacial score (nSPS) is 10.6. The van der Waals surface area contributed by atoms with E-state index in [1.54, 1.807) is 30.6 Å². The number of rotatable bonds is 3. The number of nitrogens with one attached hydrogen (secondary N) is 1. The van der Waals surface area contributed by atoms with Gasteiger partial charge in [0, 0.05) is 16.9 Å². The Hall–Kier alpha value is -2.21. The number of benzene rings is 1. The second-order valence-electron chi connectivity index (χ2n) is 3.64. The number of carbonyl (C=O) groups is 1. The quantitative estimate of drug-likeness (QED) is 0.673. The topological polar surface area (TPSA) is 74.6 Å². The Kier molecular flexibility index (Phi) is 4.25. The molecule has 6 heteroatoms. The third-order valence-corrected chi connectivity index (χ3v) is 2.78. The molecule has 0 spiro atoms. The van der Waals surface area contributed by atoms with Crippen molar-refractivity contribution in [2.24, 2.45) is 5.10 Å². The minimum Gasteiger partial charge on any atom is -0.507 e. The van der Waals surface area contributed by atoms with Crippen LogP contribution in [-0.2, 0) is 0 Å². The summed E-state index contributed by atoms with van der Waals surface area (Å²) < 4.78 is 0.702. The Labute approximate surface area is 118 Å². The van der Waals surface area contributed by atoms with Crippen LogP contribution in [0.25, 0.3) is 0 Å². The van der Waals surface area contributed by atoms with Crippen molar-refractivity contribution in [2.45, 2.75) is 0 Å². The molecule has 2 rings (SSSR count). The van der Waals surface area contributed by atoms with Crippen molar-refractivity contribution in [3.8, 4) is 5.75 Å². The van der Waals surface area contributed by atoms with E-state index in [9.17, 15) is 9.90 Å². The molecule has 0 radical (unpaired) electrons. The number of amides is 1. The number of nitrogens with zero attached hydrogens (tertiary/aromatic N) is 2. The number of phenols is 1. The molecule has 0 fully saturated rings. The number of hydrogen-bond donors (Lipinski definition) is 2. The highest BCUT2D eigenvalue weighted by Crippen LogP contribution is 2.21. The van der Waals surface area contributed by atoms with E-state index < -0.39 is 5.91 Å². The van der Waals surface area contributed by atoms with Crippen molar-refractivity contribution in [1.82, 2.24) is 10.4 Å². The summed E-state index contributed by atoms with van der Waals surface area (Å²) in [6.45, 7) is 0. The first-order valence-electron chi connectivity index (χ1n) is 5.39. The van der Waals surface area contributed by atoms with Gasteiger partial charge in [-0.15, -0.1) is 0 Å². The average Bonchev–Trinajstić information content (AvgIpc) is 2.42. The molecule has 0 aliphatic rings. The van der Waals surface area contributed by atoms with Crippen LogP contribution in [0.1, 0.15) is 15.9 Å². The van der Waals surface area contributed by atoms with Crippen LogP contribution in [0.2, 0.25) is 0 Å². The monoisotopic (exact) mass is 319 g/mol. The summed E-state index contributed by atoms with van der Waals surface area (Å²) in [5.74, 6) is -0.580. The summed E-state index contributed by atoms with van der Waals surface area (Å²) >= 11 is 3.23. The predicted molar refractivity (Wildman–Crippen MR) is 75.1 cm³/mol. The number of aromatic nitrogens is 1. The number of carbonyl (C=O) groups excluding carboxylic acids is 1. The SMILES string of the molecule is O=C(N/N=C\c1ccncc1)c1cc(Br)ccc1O. The molecule has 0 atom stereocenters. The lowest BCUT2D eigenvalue weighted by Crippen LogP contribution is -2.17. The first-order valence-corrected chi connectivity index (χ1v) is 6.18. The van der Waals surface area contributed by atoms with Crippen molar-refractivity contribution < 1.29 is 9.90 Å². The number of phenolic OH excluding ortho intramolecular Hbond substituents is 1. The average molecular weight is 320 g/mol. The molecule has 96 valence electrons. The third-order valence-electron chi connectivity index (χ3n) is 2.29. The van der Waals surface area contributed by atoms with E-state index in [2.05, 4.69) is 31.4 Å². The van der Waals surface area contributed by atoms with Crippen molar-refractivity contribution in [3.63, 3.8) is 0 Å². The molecule has 0 saturated heterocycles. The highest BCUT2D eigenvalue weighted by Gasteiger charge is 2.10. The van der Waals surface area contributed by atoms with Crippen LogP contribution >= 0.6 is 15.9 Å². The molecule has 5 nitrogen and oxygen atoms in total. The van der Waals surface area contributed by atoms with Crippen LogP contribution in [0.4, 0.5) is 0 Å². The molecule has 0 saturated carbocycles. The molecule has 1 heterocycles. The van der Waals surface area contributed by atoms with Gasteiger partial charge in [-0.2, -0.15) is 5.10 Å². The molecule has 1 aromatic carbocycles. The Bertz CT molecular complexity index is 615. The lowest BCUT2D eigenvalue weighted by Gasteiger charge is -2.03. The fraction of sp³-hybridized carbons (Fsp3) is 0. The van der Waals surface area contributed by atoms with Crippen LogP contribution in [0.5, 0.6) is 5.75 Å². The van der Waals surface area contributed by atoms with E-state index >= 15 is 0 Å². The summed E-state index contributed by atoms with van der Waals surface area (Å²) in [5.41, 5.74) is 3.31. The minimum absolute atomic E-state index is 0.0974. The lowest BCUT2D eigenvalue weighted by molar-refractivity contribution is 0.0952. The zero-order chi connectivity index (χ0) is 13.7. The standard InChI is InChI=1S/C13H10BrN3O2/c14-10-1-2-12(18)11(7-10)13(19)17-16-8-9-3-5-15-6-4-9/h1-8,18H,(H,17,19)/b16-8-. The van der Waals surface area contributed by atoms with Gasteiger partial charge in [-0.25, -0.2) is 5.43 Å². The minimum atomic E-state index is -0.482. The fourth-order valence-electron chi connectivity index (χ4n) is 1.37. The molecular weight excluding hydrogens is 310 g/mol. The van der Waals surface area contributed by atoms with E-state index in [1.165, 1.54) is 18.3 Å². The maximum absolute atomic E-state index is 11.8. The highest BCUT2D eigenvalue weighted by atomic mass is 79.9. The van der Waals surface area contributed by atoms with Gasteiger partial charge in [0.05, 0.1) is 11.8 Å². The first-order chi connectivity index (χ1) is 9.16. The van der Waals surface area contributed by atoms with Gasteiger partial charge in [-0.05, 0) is 35.9 Å². The van der Waals surface area contributed by atoms with E-state index in [-0.39, 0.29) is 11.3 Å². The molecule has 19 heavy (non-hydrogen) atoms. The zero-order valence-corrected chi connectivity index (χ0v) is 11.3. The van der Waals surface area contributed by atoms with Gasteiger partial charge in [-0.3, -0.25) is 9.78 Å². The Morgan fingerprint density at radius 1 is 1.32 bits per heavy atom. The smallest absolute Gasteiger partial charge is 0.275 e.